The molecular weight excluding hydrogens is 340 g/mol. The first-order valence-corrected chi connectivity index (χ1v) is 9.60. The van der Waals surface area contributed by atoms with Gasteiger partial charge in [-0.25, -0.2) is 18.4 Å². The highest BCUT2D eigenvalue weighted by molar-refractivity contribution is 7.90. The minimum absolute atomic E-state index is 0.0205. The maximum atomic E-state index is 11.3. The second-order valence-electron chi connectivity index (χ2n) is 5.68. The van der Waals surface area contributed by atoms with E-state index in [2.05, 4.69) is 20.3 Å². The minimum atomic E-state index is -3.09. The van der Waals surface area contributed by atoms with Gasteiger partial charge in [0.1, 0.15) is 15.4 Å². The predicted octanol–water partition coefficient (Wildman–Crippen LogP) is 1.31. The van der Waals surface area contributed by atoms with Gasteiger partial charge in [0.05, 0.1) is 17.0 Å². The average molecular weight is 358 g/mol. The Morgan fingerprint density at radius 3 is 2.60 bits per heavy atom. The third-order valence-corrected chi connectivity index (χ3v) is 4.45. The maximum Gasteiger partial charge on any atom is 0.222 e. The van der Waals surface area contributed by atoms with Gasteiger partial charge in [-0.15, -0.1) is 0 Å². The fraction of sp³-hybridized carbons (Fsp3) is 0.188. The number of fused-ring (bicyclic) bond motifs is 1. The molecule has 25 heavy (non-hydrogen) atoms. The lowest BCUT2D eigenvalue weighted by Gasteiger charge is -2.10. The van der Waals surface area contributed by atoms with Crippen molar-refractivity contribution in [2.24, 2.45) is 0 Å². The summed E-state index contributed by atoms with van der Waals surface area (Å²) in [4.78, 5) is 12.9. The lowest BCUT2D eigenvalue weighted by molar-refractivity contribution is 0.602. The highest BCUT2D eigenvalue weighted by atomic mass is 32.2. The molecule has 0 spiro atoms. The molecule has 0 aliphatic carbocycles. The van der Waals surface area contributed by atoms with E-state index in [4.69, 9.17) is 11.5 Å². The van der Waals surface area contributed by atoms with Crippen LogP contribution >= 0.6 is 0 Å². The van der Waals surface area contributed by atoms with Gasteiger partial charge in [-0.3, -0.25) is 0 Å². The van der Waals surface area contributed by atoms with Gasteiger partial charge in [0, 0.05) is 24.1 Å². The van der Waals surface area contributed by atoms with Crippen molar-refractivity contribution in [2.45, 2.75) is 0 Å². The van der Waals surface area contributed by atoms with E-state index in [1.54, 1.807) is 12.1 Å². The van der Waals surface area contributed by atoms with Crippen LogP contribution in [0.3, 0.4) is 0 Å². The Morgan fingerprint density at radius 2 is 1.88 bits per heavy atom. The first-order valence-electron chi connectivity index (χ1n) is 7.53. The topological polar surface area (TPSA) is 137 Å². The normalized spacial score (nSPS) is 11.6. The average Bonchev–Trinajstić information content (AvgIpc) is 2.53. The zero-order chi connectivity index (χ0) is 18.0. The quantitative estimate of drug-likeness (QED) is 0.581. The summed E-state index contributed by atoms with van der Waals surface area (Å²) in [5.41, 5.74) is 14.8. The fourth-order valence-corrected chi connectivity index (χ4v) is 2.84. The van der Waals surface area contributed by atoms with E-state index < -0.39 is 9.84 Å². The number of hydrogen-bond donors (Lipinski definition) is 3. The molecule has 0 amide bonds. The fourth-order valence-electron chi connectivity index (χ4n) is 2.37. The van der Waals surface area contributed by atoms with Crippen molar-refractivity contribution in [2.75, 3.05) is 35.3 Å². The second kappa shape index (κ2) is 6.52. The Labute approximate surface area is 145 Å². The summed E-state index contributed by atoms with van der Waals surface area (Å²) in [5, 5.41) is 2.98. The molecule has 0 saturated carbocycles. The van der Waals surface area contributed by atoms with Crippen LogP contribution in [0.15, 0.2) is 36.4 Å². The summed E-state index contributed by atoms with van der Waals surface area (Å²) in [6, 6.07) is 11.0. The standard InChI is InChI=1S/C16H18N6O2S/c1-25(23,24)8-7-19-15-14-13(21-16(18)22-15)6-5-12(20-14)10-3-2-4-11(17)9-10/h2-6,9H,7-8,17H2,1H3,(H3,18,19,21,22). The lowest BCUT2D eigenvalue weighted by Crippen LogP contribution is -2.15. The van der Waals surface area contributed by atoms with Crippen LogP contribution in [-0.4, -0.2) is 41.9 Å². The Kier molecular flexibility index (Phi) is 4.41. The molecule has 0 bridgehead atoms. The Bertz CT molecular complexity index is 1040. The molecule has 2 heterocycles. The van der Waals surface area contributed by atoms with Gasteiger partial charge in [-0.1, -0.05) is 12.1 Å². The van der Waals surface area contributed by atoms with E-state index in [0.717, 1.165) is 5.56 Å². The number of anilines is 3. The van der Waals surface area contributed by atoms with Crippen molar-refractivity contribution in [3.05, 3.63) is 36.4 Å². The summed E-state index contributed by atoms with van der Waals surface area (Å²) in [7, 11) is -3.09. The molecule has 0 fully saturated rings. The maximum absolute atomic E-state index is 11.3. The molecule has 130 valence electrons. The Hall–Kier alpha value is -2.94. The number of nitrogens with one attached hydrogen (secondary N) is 1. The van der Waals surface area contributed by atoms with Crippen LogP contribution < -0.4 is 16.8 Å². The van der Waals surface area contributed by atoms with Crippen LogP contribution in [0.2, 0.25) is 0 Å². The van der Waals surface area contributed by atoms with Crippen LogP contribution in [-0.2, 0) is 9.84 Å². The lowest BCUT2D eigenvalue weighted by atomic mass is 10.1. The second-order valence-corrected chi connectivity index (χ2v) is 7.94. The SMILES string of the molecule is CS(=O)(=O)CCNc1nc(N)nc2ccc(-c3cccc(N)c3)nc12. The highest BCUT2D eigenvalue weighted by Crippen LogP contribution is 2.25. The van der Waals surface area contributed by atoms with Gasteiger partial charge in [-0.2, -0.15) is 4.98 Å². The number of pyridine rings is 1. The van der Waals surface area contributed by atoms with Gasteiger partial charge < -0.3 is 16.8 Å². The van der Waals surface area contributed by atoms with E-state index in [1.807, 2.05) is 24.3 Å². The van der Waals surface area contributed by atoms with Crippen LogP contribution in [0.1, 0.15) is 0 Å². The number of nitrogen functional groups attached to an aromatic ring is 2. The largest absolute Gasteiger partial charge is 0.399 e. The van der Waals surface area contributed by atoms with Gasteiger partial charge in [0.25, 0.3) is 0 Å². The van der Waals surface area contributed by atoms with Crippen LogP contribution in [0.25, 0.3) is 22.3 Å². The number of rotatable bonds is 5. The van der Waals surface area contributed by atoms with Crippen molar-refractivity contribution in [1.82, 2.24) is 15.0 Å². The molecule has 5 N–H and O–H groups in total. The number of sulfone groups is 1. The van der Waals surface area contributed by atoms with Gasteiger partial charge in [0.15, 0.2) is 5.82 Å². The summed E-state index contributed by atoms with van der Waals surface area (Å²) < 4.78 is 22.6. The number of benzene rings is 1. The molecule has 0 aliphatic rings. The van der Waals surface area contributed by atoms with E-state index in [-0.39, 0.29) is 18.2 Å². The zero-order valence-electron chi connectivity index (χ0n) is 13.6. The highest BCUT2D eigenvalue weighted by Gasteiger charge is 2.11. The molecular formula is C16H18N6O2S. The summed E-state index contributed by atoms with van der Waals surface area (Å²) >= 11 is 0. The van der Waals surface area contributed by atoms with Crippen molar-refractivity contribution >= 4 is 38.3 Å². The molecule has 0 atom stereocenters. The van der Waals surface area contributed by atoms with Gasteiger partial charge in [0.2, 0.25) is 5.95 Å². The van der Waals surface area contributed by atoms with Crippen molar-refractivity contribution in [3.8, 4) is 11.3 Å². The smallest absolute Gasteiger partial charge is 0.222 e. The Balaban J connectivity index is 2.02. The number of aromatic nitrogens is 3. The molecule has 0 aliphatic heterocycles. The van der Waals surface area contributed by atoms with Crippen molar-refractivity contribution in [3.63, 3.8) is 0 Å². The third kappa shape index (κ3) is 4.13. The summed E-state index contributed by atoms with van der Waals surface area (Å²) in [5.74, 6) is 0.470. The first-order chi connectivity index (χ1) is 11.8. The number of nitrogens with zero attached hydrogens (tertiary/aromatic N) is 3. The molecule has 0 saturated heterocycles. The number of hydrogen-bond acceptors (Lipinski definition) is 8. The molecule has 9 heteroatoms. The van der Waals surface area contributed by atoms with E-state index in [1.165, 1.54) is 6.26 Å². The van der Waals surface area contributed by atoms with Gasteiger partial charge >= 0.3 is 0 Å². The molecule has 1 aromatic carbocycles. The Morgan fingerprint density at radius 1 is 1.08 bits per heavy atom. The summed E-state index contributed by atoms with van der Waals surface area (Å²) in [6.07, 6.45) is 1.18. The molecule has 8 nitrogen and oxygen atoms in total. The van der Waals surface area contributed by atoms with E-state index >= 15 is 0 Å². The molecule has 3 rings (SSSR count). The molecule has 0 unspecified atom stereocenters. The van der Waals surface area contributed by atoms with Crippen molar-refractivity contribution in [1.29, 1.82) is 0 Å². The minimum Gasteiger partial charge on any atom is -0.399 e. The first kappa shape index (κ1) is 16.9. The molecule has 2 aromatic heterocycles. The van der Waals surface area contributed by atoms with Crippen molar-refractivity contribution < 1.29 is 8.42 Å². The van der Waals surface area contributed by atoms with E-state index in [0.29, 0.717) is 28.2 Å². The molecule has 0 radical (unpaired) electrons. The molecule has 3 aromatic rings. The van der Waals surface area contributed by atoms with Crippen LogP contribution in [0.5, 0.6) is 0 Å². The summed E-state index contributed by atoms with van der Waals surface area (Å²) in [6.45, 7) is 0.203. The van der Waals surface area contributed by atoms with Crippen LogP contribution in [0.4, 0.5) is 17.5 Å². The zero-order valence-corrected chi connectivity index (χ0v) is 14.4. The number of nitrogens with two attached hydrogens (primary N) is 2. The van der Waals surface area contributed by atoms with E-state index in [9.17, 15) is 8.42 Å². The predicted molar refractivity (Wildman–Crippen MR) is 99.8 cm³/mol. The monoisotopic (exact) mass is 358 g/mol. The van der Waals surface area contributed by atoms with Gasteiger partial charge in [-0.05, 0) is 24.3 Å². The third-order valence-electron chi connectivity index (χ3n) is 3.51. The van der Waals surface area contributed by atoms with Crippen LogP contribution in [0, 0.1) is 0 Å².